The van der Waals surface area contributed by atoms with Crippen molar-refractivity contribution in [2.24, 2.45) is 0 Å². The number of benzene rings is 1. The van der Waals surface area contributed by atoms with Crippen LogP contribution in [-0.4, -0.2) is 0 Å². The molecule has 12 heavy (non-hydrogen) atoms. The van der Waals surface area contributed by atoms with E-state index in [0.29, 0.717) is 15.6 Å². The molecule has 0 aliphatic heterocycles. The number of rotatable bonds is 0. The first-order chi connectivity index (χ1) is 5.69. The van der Waals surface area contributed by atoms with Gasteiger partial charge in [-0.2, -0.15) is 10.5 Å². The van der Waals surface area contributed by atoms with Crippen molar-refractivity contribution < 1.29 is 0 Å². The van der Waals surface area contributed by atoms with E-state index in [1.807, 2.05) is 12.1 Å². The predicted octanol–water partition coefficient (Wildman–Crippen LogP) is 2.95. The van der Waals surface area contributed by atoms with Crippen molar-refractivity contribution in [3.63, 3.8) is 0 Å². The van der Waals surface area contributed by atoms with Gasteiger partial charge >= 0.3 is 0 Å². The Hall–Kier alpha value is -0.840. The van der Waals surface area contributed by atoms with Crippen LogP contribution in [0.5, 0.6) is 0 Å². The lowest BCUT2D eigenvalue weighted by Gasteiger charge is -1.98. The Kier molecular flexibility index (Phi) is 2.86. The van der Waals surface area contributed by atoms with Crippen LogP contribution in [0.3, 0.4) is 0 Å². The van der Waals surface area contributed by atoms with Crippen LogP contribution in [0.4, 0.5) is 0 Å². The average molecular weight is 286 g/mol. The molecule has 0 spiro atoms. The summed E-state index contributed by atoms with van der Waals surface area (Å²) < 4.78 is 1.29. The highest BCUT2D eigenvalue weighted by atomic mass is 79.9. The van der Waals surface area contributed by atoms with Gasteiger partial charge in [-0.25, -0.2) is 0 Å². The molecule has 0 atom stereocenters. The van der Waals surface area contributed by atoms with Gasteiger partial charge in [-0.3, -0.25) is 0 Å². The molecular weight excluding hydrogens is 284 g/mol. The third-order valence-electron chi connectivity index (χ3n) is 1.28. The lowest BCUT2D eigenvalue weighted by Crippen LogP contribution is -1.83. The number of halogens is 2. The molecule has 0 heterocycles. The standard InChI is InChI=1S/C8H2Br2N2/c9-7-1-5(3-11)8(10)6(2-7)4-12/h1-2H. The molecule has 0 fully saturated rings. The minimum Gasteiger partial charge on any atom is -0.192 e. The molecule has 0 saturated heterocycles. The van der Waals surface area contributed by atoms with Crippen molar-refractivity contribution in [2.75, 3.05) is 0 Å². The average Bonchev–Trinajstić information content (AvgIpc) is 2.08. The Morgan fingerprint density at radius 3 is 1.75 bits per heavy atom. The second-order valence-corrected chi connectivity index (χ2v) is 3.75. The van der Waals surface area contributed by atoms with Crippen molar-refractivity contribution in [2.45, 2.75) is 0 Å². The van der Waals surface area contributed by atoms with E-state index in [1.54, 1.807) is 12.1 Å². The van der Waals surface area contributed by atoms with Gasteiger partial charge in [0.2, 0.25) is 0 Å². The molecule has 0 saturated carbocycles. The zero-order chi connectivity index (χ0) is 9.14. The highest BCUT2D eigenvalue weighted by molar-refractivity contribution is 9.11. The molecule has 0 unspecified atom stereocenters. The van der Waals surface area contributed by atoms with E-state index in [1.165, 1.54) is 0 Å². The zero-order valence-corrected chi connectivity index (χ0v) is 8.98. The highest BCUT2D eigenvalue weighted by Crippen LogP contribution is 2.25. The Labute approximate surface area is 86.7 Å². The van der Waals surface area contributed by atoms with Gasteiger partial charge in [0, 0.05) is 4.47 Å². The van der Waals surface area contributed by atoms with Crippen LogP contribution in [0.2, 0.25) is 0 Å². The van der Waals surface area contributed by atoms with Gasteiger partial charge in [-0.15, -0.1) is 0 Å². The van der Waals surface area contributed by atoms with Gasteiger partial charge in [0.1, 0.15) is 12.1 Å². The van der Waals surface area contributed by atoms with Crippen molar-refractivity contribution in [3.8, 4) is 12.1 Å². The fourth-order valence-electron chi connectivity index (χ4n) is 0.752. The second-order valence-electron chi connectivity index (χ2n) is 2.04. The fraction of sp³-hybridized carbons (Fsp3) is 0. The van der Waals surface area contributed by atoms with E-state index in [4.69, 9.17) is 10.5 Å². The van der Waals surface area contributed by atoms with Crippen molar-refractivity contribution >= 4 is 31.9 Å². The van der Waals surface area contributed by atoms with Crippen molar-refractivity contribution in [1.29, 1.82) is 10.5 Å². The molecule has 0 amide bonds. The fourth-order valence-corrected chi connectivity index (χ4v) is 1.62. The topological polar surface area (TPSA) is 47.6 Å². The summed E-state index contributed by atoms with van der Waals surface area (Å²) in [6, 6.07) is 7.28. The Morgan fingerprint density at radius 2 is 1.42 bits per heavy atom. The van der Waals surface area contributed by atoms with Gasteiger partial charge in [-0.05, 0) is 28.1 Å². The Morgan fingerprint density at radius 1 is 1.00 bits per heavy atom. The molecule has 1 aromatic carbocycles. The van der Waals surface area contributed by atoms with Gasteiger partial charge in [0.25, 0.3) is 0 Å². The molecule has 2 nitrogen and oxygen atoms in total. The summed E-state index contributed by atoms with van der Waals surface area (Å²) in [5.41, 5.74) is 0.918. The van der Waals surface area contributed by atoms with E-state index in [2.05, 4.69) is 31.9 Å². The normalized spacial score (nSPS) is 8.67. The second kappa shape index (κ2) is 3.71. The molecule has 0 N–H and O–H groups in total. The predicted molar refractivity (Wildman–Crippen MR) is 51.3 cm³/mol. The van der Waals surface area contributed by atoms with E-state index >= 15 is 0 Å². The first-order valence-corrected chi connectivity index (χ1v) is 4.57. The molecular formula is C8H2Br2N2. The van der Waals surface area contributed by atoms with E-state index in [9.17, 15) is 0 Å². The van der Waals surface area contributed by atoms with Crippen LogP contribution in [0, 0.1) is 22.7 Å². The maximum atomic E-state index is 8.65. The van der Waals surface area contributed by atoms with Crippen molar-refractivity contribution in [1.82, 2.24) is 0 Å². The van der Waals surface area contributed by atoms with E-state index in [0.717, 1.165) is 4.47 Å². The summed E-state index contributed by atoms with van der Waals surface area (Å²) in [5, 5.41) is 17.3. The number of hydrogen-bond donors (Lipinski definition) is 0. The Bertz CT molecular complexity index is 363. The summed E-state index contributed by atoms with van der Waals surface area (Å²) in [6.45, 7) is 0. The largest absolute Gasteiger partial charge is 0.192 e. The first-order valence-electron chi connectivity index (χ1n) is 2.98. The van der Waals surface area contributed by atoms with Gasteiger partial charge < -0.3 is 0 Å². The summed E-state index contributed by atoms with van der Waals surface area (Å²) in [5.74, 6) is 0. The molecule has 0 bridgehead atoms. The number of nitrogens with zero attached hydrogens (tertiary/aromatic N) is 2. The molecule has 1 rings (SSSR count). The first kappa shape index (κ1) is 9.25. The SMILES string of the molecule is N#Cc1cc(Br)cc(C#N)c1Br. The quantitative estimate of drug-likeness (QED) is 0.736. The van der Waals surface area contributed by atoms with Crippen molar-refractivity contribution in [3.05, 3.63) is 32.2 Å². The maximum Gasteiger partial charge on any atom is 0.100 e. The van der Waals surface area contributed by atoms with Crippen LogP contribution in [0.25, 0.3) is 0 Å². The zero-order valence-electron chi connectivity index (χ0n) is 5.81. The molecule has 0 aliphatic carbocycles. The number of hydrogen-bond acceptors (Lipinski definition) is 2. The maximum absolute atomic E-state index is 8.65. The molecule has 0 aliphatic rings. The smallest absolute Gasteiger partial charge is 0.100 e. The lowest BCUT2D eigenvalue weighted by atomic mass is 10.1. The van der Waals surface area contributed by atoms with Crippen LogP contribution in [-0.2, 0) is 0 Å². The third-order valence-corrected chi connectivity index (χ3v) is 2.59. The minimum absolute atomic E-state index is 0.459. The van der Waals surface area contributed by atoms with Crippen LogP contribution in [0.15, 0.2) is 21.1 Å². The van der Waals surface area contributed by atoms with Crippen LogP contribution >= 0.6 is 31.9 Å². The third kappa shape index (κ3) is 1.66. The van der Waals surface area contributed by atoms with Gasteiger partial charge in [0.15, 0.2) is 0 Å². The van der Waals surface area contributed by atoms with Gasteiger partial charge in [-0.1, -0.05) is 15.9 Å². The van der Waals surface area contributed by atoms with Crippen LogP contribution in [0.1, 0.15) is 11.1 Å². The van der Waals surface area contributed by atoms with Crippen LogP contribution < -0.4 is 0 Å². The summed E-state index contributed by atoms with van der Waals surface area (Å²) in [7, 11) is 0. The highest BCUT2D eigenvalue weighted by Gasteiger charge is 2.06. The molecule has 58 valence electrons. The molecule has 0 aromatic heterocycles. The lowest BCUT2D eigenvalue weighted by molar-refractivity contribution is 1.41. The summed E-state index contributed by atoms with van der Waals surface area (Å²) in [4.78, 5) is 0. The van der Waals surface area contributed by atoms with Gasteiger partial charge in [0.05, 0.1) is 15.6 Å². The molecule has 0 radical (unpaired) electrons. The summed E-state index contributed by atoms with van der Waals surface area (Å²) in [6.07, 6.45) is 0. The summed E-state index contributed by atoms with van der Waals surface area (Å²) >= 11 is 6.38. The van der Waals surface area contributed by atoms with E-state index < -0.39 is 0 Å². The molecule has 4 heteroatoms. The van der Waals surface area contributed by atoms with E-state index in [-0.39, 0.29) is 0 Å². The number of nitriles is 2. The molecule has 1 aromatic rings. The Balaban J connectivity index is 3.48. The minimum atomic E-state index is 0.459. The monoisotopic (exact) mass is 284 g/mol.